The first-order valence-electron chi connectivity index (χ1n) is 11.1. The predicted octanol–water partition coefficient (Wildman–Crippen LogP) is 3.74. The predicted molar refractivity (Wildman–Crippen MR) is 110 cm³/mol. The van der Waals surface area contributed by atoms with Gasteiger partial charge in [-0.25, -0.2) is 4.98 Å². The lowest BCUT2D eigenvalue weighted by Crippen LogP contribution is -2.39. The molecular weight excluding hydrogens is 421 g/mol. The summed E-state index contributed by atoms with van der Waals surface area (Å²) >= 11 is 0. The molecule has 3 fully saturated rings. The van der Waals surface area contributed by atoms with Gasteiger partial charge in [-0.2, -0.15) is 13.2 Å². The number of carbonyl (C=O) groups is 1. The first kappa shape index (κ1) is 21.2. The van der Waals surface area contributed by atoms with Gasteiger partial charge in [0, 0.05) is 50.1 Å². The van der Waals surface area contributed by atoms with Crippen LogP contribution in [0.25, 0.3) is 0 Å². The third-order valence-electron chi connectivity index (χ3n) is 6.47. The van der Waals surface area contributed by atoms with Crippen molar-refractivity contribution in [2.24, 2.45) is 0 Å². The van der Waals surface area contributed by atoms with Crippen molar-refractivity contribution in [2.45, 2.75) is 49.9 Å². The number of benzene rings is 1. The monoisotopic (exact) mass is 446 g/mol. The van der Waals surface area contributed by atoms with E-state index in [1.54, 1.807) is 17.3 Å². The standard InChI is InChI=1S/C23H25F3N4O2/c24-23(25,26)17-6-4-16(5-7-17)22(31)30-9-1-8-29-14-19(10-18(29)13-30)32-21-12-27-20(11-28-21)15-2-3-15/h4-7,11-12,15,18-19H,1-3,8-10,13-14H2/t18-,19+/m0/s1. The molecule has 6 nitrogen and oxygen atoms in total. The minimum absolute atomic E-state index is 0.0257. The number of fused-ring (bicyclic) bond motifs is 1. The third-order valence-corrected chi connectivity index (χ3v) is 6.47. The molecule has 0 spiro atoms. The van der Waals surface area contributed by atoms with Crippen LogP contribution in [-0.4, -0.2) is 64.0 Å². The summed E-state index contributed by atoms with van der Waals surface area (Å²) in [7, 11) is 0. The van der Waals surface area contributed by atoms with E-state index in [9.17, 15) is 18.0 Å². The lowest BCUT2D eigenvalue weighted by atomic mass is 10.1. The number of alkyl halides is 3. The topological polar surface area (TPSA) is 58.6 Å². The molecule has 5 rings (SSSR count). The molecule has 0 bridgehead atoms. The number of rotatable bonds is 4. The minimum atomic E-state index is -4.41. The molecule has 1 aromatic carbocycles. The Morgan fingerprint density at radius 3 is 2.47 bits per heavy atom. The van der Waals surface area contributed by atoms with Crippen molar-refractivity contribution < 1.29 is 22.7 Å². The van der Waals surface area contributed by atoms with Gasteiger partial charge in [-0.1, -0.05) is 0 Å². The normalized spacial score (nSPS) is 24.2. The van der Waals surface area contributed by atoms with Gasteiger partial charge in [-0.05, 0) is 43.5 Å². The second-order valence-electron chi connectivity index (χ2n) is 8.86. The molecule has 2 atom stereocenters. The summed E-state index contributed by atoms with van der Waals surface area (Å²) in [4.78, 5) is 25.9. The second kappa shape index (κ2) is 8.35. The van der Waals surface area contributed by atoms with Crippen molar-refractivity contribution in [3.63, 3.8) is 0 Å². The molecule has 2 aromatic rings. The van der Waals surface area contributed by atoms with E-state index in [-0.39, 0.29) is 23.6 Å². The summed E-state index contributed by atoms with van der Waals surface area (Å²) in [5, 5.41) is 0. The van der Waals surface area contributed by atoms with Gasteiger partial charge < -0.3 is 9.64 Å². The zero-order chi connectivity index (χ0) is 22.3. The van der Waals surface area contributed by atoms with Gasteiger partial charge in [0.15, 0.2) is 0 Å². The van der Waals surface area contributed by atoms with Gasteiger partial charge in [-0.3, -0.25) is 14.7 Å². The largest absolute Gasteiger partial charge is 0.472 e. The lowest BCUT2D eigenvalue weighted by molar-refractivity contribution is -0.137. The first-order valence-corrected chi connectivity index (χ1v) is 11.1. The van der Waals surface area contributed by atoms with Crippen LogP contribution >= 0.6 is 0 Å². The molecule has 1 saturated carbocycles. The Morgan fingerprint density at radius 1 is 1.03 bits per heavy atom. The van der Waals surface area contributed by atoms with E-state index in [1.807, 2.05) is 0 Å². The summed E-state index contributed by atoms with van der Waals surface area (Å²) in [6.45, 7) is 2.74. The molecule has 0 unspecified atom stereocenters. The maximum absolute atomic E-state index is 12.9. The third kappa shape index (κ3) is 4.57. The summed E-state index contributed by atoms with van der Waals surface area (Å²) < 4.78 is 44.5. The van der Waals surface area contributed by atoms with Crippen LogP contribution in [0, 0.1) is 0 Å². The highest BCUT2D eigenvalue weighted by molar-refractivity contribution is 5.94. The minimum Gasteiger partial charge on any atom is -0.472 e. The number of hydrogen-bond donors (Lipinski definition) is 0. The molecule has 1 aromatic heterocycles. The summed E-state index contributed by atoms with van der Waals surface area (Å²) in [5.74, 6) is 0.843. The summed E-state index contributed by atoms with van der Waals surface area (Å²) in [6, 6.07) is 4.61. The van der Waals surface area contributed by atoms with Crippen molar-refractivity contribution in [1.29, 1.82) is 0 Å². The van der Waals surface area contributed by atoms with Gasteiger partial charge in [0.2, 0.25) is 5.88 Å². The Hall–Kier alpha value is -2.68. The van der Waals surface area contributed by atoms with Crippen LogP contribution in [0.15, 0.2) is 36.7 Å². The number of aromatic nitrogens is 2. The van der Waals surface area contributed by atoms with Crippen LogP contribution in [0.2, 0.25) is 0 Å². The first-order chi connectivity index (χ1) is 15.4. The summed E-state index contributed by atoms with van der Waals surface area (Å²) in [6.07, 6.45) is 2.98. The van der Waals surface area contributed by atoms with Crippen LogP contribution in [0.4, 0.5) is 13.2 Å². The van der Waals surface area contributed by atoms with Crippen molar-refractivity contribution in [2.75, 3.05) is 26.2 Å². The average molecular weight is 446 g/mol. The number of amides is 1. The molecular formula is C23H25F3N4O2. The molecule has 9 heteroatoms. The fourth-order valence-electron chi connectivity index (χ4n) is 4.61. The maximum Gasteiger partial charge on any atom is 0.416 e. The van der Waals surface area contributed by atoms with Crippen molar-refractivity contribution in [3.8, 4) is 5.88 Å². The van der Waals surface area contributed by atoms with Crippen LogP contribution in [0.1, 0.15) is 53.2 Å². The number of ether oxygens (including phenoxy) is 1. The van der Waals surface area contributed by atoms with E-state index in [2.05, 4.69) is 14.9 Å². The van der Waals surface area contributed by atoms with Crippen LogP contribution < -0.4 is 4.74 Å². The van der Waals surface area contributed by atoms with Gasteiger partial charge in [0.25, 0.3) is 5.91 Å². The number of halogens is 3. The second-order valence-corrected chi connectivity index (χ2v) is 8.86. The molecule has 1 aliphatic carbocycles. The van der Waals surface area contributed by atoms with Crippen LogP contribution in [0.5, 0.6) is 5.88 Å². The van der Waals surface area contributed by atoms with E-state index in [0.29, 0.717) is 24.9 Å². The van der Waals surface area contributed by atoms with Gasteiger partial charge in [0.1, 0.15) is 6.10 Å². The molecule has 2 saturated heterocycles. The quantitative estimate of drug-likeness (QED) is 0.716. The lowest BCUT2D eigenvalue weighted by Gasteiger charge is -2.25. The van der Waals surface area contributed by atoms with Gasteiger partial charge in [0.05, 0.1) is 23.7 Å². The molecule has 1 amide bonds. The highest BCUT2D eigenvalue weighted by Gasteiger charge is 2.37. The Bertz CT molecular complexity index is 961. The zero-order valence-corrected chi connectivity index (χ0v) is 17.6. The molecule has 170 valence electrons. The van der Waals surface area contributed by atoms with E-state index in [1.165, 1.54) is 25.0 Å². The SMILES string of the molecule is O=C(c1ccc(C(F)(F)F)cc1)N1CCCN2C[C@H](Oc3cnc(C4CC4)cn3)C[C@H]2C1. The molecule has 32 heavy (non-hydrogen) atoms. The van der Waals surface area contributed by atoms with Crippen molar-refractivity contribution in [1.82, 2.24) is 19.8 Å². The van der Waals surface area contributed by atoms with E-state index in [4.69, 9.17) is 4.74 Å². The Labute approximate surface area is 184 Å². The average Bonchev–Trinajstić information content (AvgIpc) is 3.58. The van der Waals surface area contributed by atoms with Crippen LogP contribution in [-0.2, 0) is 6.18 Å². The molecule has 3 heterocycles. The Morgan fingerprint density at radius 2 is 1.81 bits per heavy atom. The number of carbonyl (C=O) groups excluding carboxylic acids is 1. The fraction of sp³-hybridized carbons (Fsp3) is 0.522. The highest BCUT2D eigenvalue weighted by atomic mass is 19.4. The van der Waals surface area contributed by atoms with E-state index in [0.717, 1.165) is 43.8 Å². The Balaban J connectivity index is 1.20. The van der Waals surface area contributed by atoms with Crippen LogP contribution in [0.3, 0.4) is 0 Å². The van der Waals surface area contributed by atoms with Gasteiger partial charge >= 0.3 is 6.18 Å². The number of nitrogens with zero attached hydrogens (tertiary/aromatic N) is 4. The molecule has 0 N–H and O–H groups in total. The number of hydrogen-bond acceptors (Lipinski definition) is 5. The smallest absolute Gasteiger partial charge is 0.416 e. The molecule has 3 aliphatic rings. The molecule has 0 radical (unpaired) electrons. The zero-order valence-electron chi connectivity index (χ0n) is 17.6. The Kier molecular flexibility index (Phi) is 5.53. The van der Waals surface area contributed by atoms with E-state index >= 15 is 0 Å². The molecule has 2 aliphatic heterocycles. The maximum atomic E-state index is 12.9. The van der Waals surface area contributed by atoms with Crippen molar-refractivity contribution >= 4 is 5.91 Å². The van der Waals surface area contributed by atoms with Gasteiger partial charge in [-0.15, -0.1) is 0 Å². The van der Waals surface area contributed by atoms with Crippen molar-refractivity contribution in [3.05, 3.63) is 53.5 Å². The summed E-state index contributed by atoms with van der Waals surface area (Å²) in [5.41, 5.74) is 0.554. The fourth-order valence-corrected chi connectivity index (χ4v) is 4.61. The highest BCUT2D eigenvalue weighted by Crippen LogP contribution is 2.38. The van der Waals surface area contributed by atoms with E-state index < -0.39 is 11.7 Å².